The summed E-state index contributed by atoms with van der Waals surface area (Å²) in [5.41, 5.74) is 3.33. The maximum atomic E-state index is 12.4. The fourth-order valence-electron chi connectivity index (χ4n) is 3.03. The quantitative estimate of drug-likeness (QED) is 0.496. The Kier molecular flexibility index (Phi) is 5.61. The van der Waals surface area contributed by atoms with E-state index >= 15 is 0 Å². The molecule has 2 aromatic heterocycles. The van der Waals surface area contributed by atoms with Gasteiger partial charge in [-0.1, -0.05) is 48.0 Å². The van der Waals surface area contributed by atoms with Gasteiger partial charge in [-0.05, 0) is 43.2 Å². The number of amides is 1. The average Bonchev–Trinajstić information content (AvgIpc) is 3.37. The first-order valence-corrected chi connectivity index (χ1v) is 9.60. The molecule has 2 aromatic carbocycles. The van der Waals surface area contributed by atoms with Gasteiger partial charge in [-0.2, -0.15) is 0 Å². The molecule has 0 aliphatic carbocycles. The molecule has 0 unspecified atom stereocenters. The van der Waals surface area contributed by atoms with Crippen LogP contribution >= 0.6 is 0 Å². The second-order valence-electron chi connectivity index (χ2n) is 7.03. The number of carbonyl (C=O) groups excluding carboxylic acids is 1. The molecular formula is C23H22N4O3. The van der Waals surface area contributed by atoms with Crippen molar-refractivity contribution in [3.8, 4) is 5.75 Å². The summed E-state index contributed by atoms with van der Waals surface area (Å²) in [5, 5.41) is 6.96. The Balaban J connectivity index is 1.34. The van der Waals surface area contributed by atoms with Crippen molar-refractivity contribution in [3.05, 3.63) is 95.2 Å². The van der Waals surface area contributed by atoms with Crippen LogP contribution in [-0.4, -0.2) is 20.7 Å². The number of hydrogen-bond acceptors (Lipinski definition) is 5. The third-order valence-corrected chi connectivity index (χ3v) is 4.54. The van der Waals surface area contributed by atoms with Gasteiger partial charge in [0.25, 0.3) is 5.91 Å². The molecule has 2 heterocycles. The number of ether oxygens (including phenoxy) is 1. The van der Waals surface area contributed by atoms with Crippen molar-refractivity contribution >= 4 is 11.9 Å². The average molecular weight is 402 g/mol. The number of para-hydroxylation sites is 1. The zero-order valence-corrected chi connectivity index (χ0v) is 16.8. The van der Waals surface area contributed by atoms with Gasteiger partial charge in [0.05, 0.1) is 6.54 Å². The third kappa shape index (κ3) is 4.75. The number of rotatable bonds is 7. The van der Waals surface area contributed by atoms with Crippen molar-refractivity contribution in [1.29, 1.82) is 0 Å². The first-order chi connectivity index (χ1) is 14.6. The van der Waals surface area contributed by atoms with E-state index in [9.17, 15) is 4.79 Å². The van der Waals surface area contributed by atoms with Crippen molar-refractivity contribution in [2.45, 2.75) is 27.0 Å². The van der Waals surface area contributed by atoms with Crippen molar-refractivity contribution < 1.29 is 13.9 Å². The van der Waals surface area contributed by atoms with Crippen molar-refractivity contribution in [2.24, 2.45) is 0 Å². The van der Waals surface area contributed by atoms with Crippen LogP contribution in [0.4, 0.5) is 5.95 Å². The third-order valence-electron chi connectivity index (χ3n) is 4.54. The summed E-state index contributed by atoms with van der Waals surface area (Å²) in [4.78, 5) is 16.6. The fourth-order valence-corrected chi connectivity index (χ4v) is 3.03. The van der Waals surface area contributed by atoms with Crippen LogP contribution in [0, 0.1) is 13.8 Å². The second-order valence-corrected chi connectivity index (χ2v) is 7.03. The number of aryl methyl sites for hydroxylation is 2. The Morgan fingerprint density at radius 2 is 1.97 bits per heavy atom. The lowest BCUT2D eigenvalue weighted by Gasteiger charge is -2.06. The lowest BCUT2D eigenvalue weighted by atomic mass is 10.1. The van der Waals surface area contributed by atoms with Gasteiger partial charge < -0.3 is 9.15 Å². The summed E-state index contributed by atoms with van der Waals surface area (Å²) in [7, 11) is 0. The lowest BCUT2D eigenvalue weighted by Crippen LogP contribution is -2.12. The molecule has 0 fully saturated rings. The maximum absolute atomic E-state index is 12.4. The molecule has 0 aliphatic rings. The van der Waals surface area contributed by atoms with Crippen LogP contribution in [0.15, 0.2) is 71.4 Å². The molecule has 0 spiro atoms. The molecule has 7 nitrogen and oxygen atoms in total. The predicted octanol–water partition coefficient (Wildman–Crippen LogP) is 4.37. The van der Waals surface area contributed by atoms with E-state index < -0.39 is 5.91 Å². The summed E-state index contributed by atoms with van der Waals surface area (Å²) in [6.45, 7) is 4.83. The van der Waals surface area contributed by atoms with Gasteiger partial charge in [-0.3, -0.25) is 10.1 Å². The number of furan rings is 1. The van der Waals surface area contributed by atoms with E-state index in [0.29, 0.717) is 12.3 Å². The smallest absolute Gasteiger partial charge is 0.293 e. The molecular weight excluding hydrogens is 380 g/mol. The Morgan fingerprint density at radius 1 is 1.10 bits per heavy atom. The van der Waals surface area contributed by atoms with Crippen LogP contribution in [0.2, 0.25) is 0 Å². The highest BCUT2D eigenvalue weighted by Gasteiger charge is 2.14. The Bertz CT molecular complexity index is 1160. The Labute approximate surface area is 174 Å². The van der Waals surface area contributed by atoms with Gasteiger partial charge >= 0.3 is 0 Å². The monoisotopic (exact) mass is 402 g/mol. The first kappa shape index (κ1) is 19.4. The van der Waals surface area contributed by atoms with Gasteiger partial charge in [-0.15, -0.1) is 5.10 Å². The normalized spacial score (nSPS) is 10.7. The minimum Gasteiger partial charge on any atom is -0.485 e. The van der Waals surface area contributed by atoms with Crippen LogP contribution in [0.25, 0.3) is 0 Å². The molecule has 0 saturated heterocycles. The van der Waals surface area contributed by atoms with E-state index in [2.05, 4.69) is 21.5 Å². The molecule has 4 aromatic rings. The summed E-state index contributed by atoms with van der Waals surface area (Å²) >= 11 is 0. The molecule has 30 heavy (non-hydrogen) atoms. The highest BCUT2D eigenvalue weighted by Crippen LogP contribution is 2.19. The van der Waals surface area contributed by atoms with E-state index in [1.54, 1.807) is 23.1 Å². The van der Waals surface area contributed by atoms with Gasteiger partial charge in [0.2, 0.25) is 5.95 Å². The van der Waals surface area contributed by atoms with Crippen LogP contribution in [0.3, 0.4) is 0 Å². The highest BCUT2D eigenvalue weighted by molar-refractivity contribution is 6.01. The van der Waals surface area contributed by atoms with E-state index in [1.807, 2.05) is 56.3 Å². The molecule has 152 valence electrons. The molecule has 1 N–H and O–H groups in total. The standard InChI is InChI=1S/C23H22N4O3/c1-16-6-5-8-18(12-16)13-27-15-24-23(26-27)25-22(28)21-11-10-19(30-21)14-29-20-9-4-3-7-17(20)2/h3-12,15H,13-14H2,1-2H3,(H,25,26,28). The van der Waals surface area contributed by atoms with Crippen molar-refractivity contribution in [1.82, 2.24) is 14.8 Å². The molecule has 0 bridgehead atoms. The zero-order chi connectivity index (χ0) is 20.9. The van der Waals surface area contributed by atoms with Crippen LogP contribution in [-0.2, 0) is 13.2 Å². The largest absolute Gasteiger partial charge is 0.485 e. The summed E-state index contributed by atoms with van der Waals surface area (Å²) in [6, 6.07) is 19.2. The zero-order valence-electron chi connectivity index (χ0n) is 16.8. The van der Waals surface area contributed by atoms with Crippen LogP contribution < -0.4 is 10.1 Å². The van der Waals surface area contributed by atoms with E-state index in [1.165, 1.54) is 5.56 Å². The maximum Gasteiger partial charge on any atom is 0.293 e. The molecule has 0 aliphatic heterocycles. The number of hydrogen-bond donors (Lipinski definition) is 1. The van der Waals surface area contributed by atoms with Gasteiger partial charge in [0.1, 0.15) is 24.4 Å². The molecule has 1 amide bonds. The van der Waals surface area contributed by atoms with E-state index in [4.69, 9.17) is 9.15 Å². The second kappa shape index (κ2) is 8.65. The molecule has 0 radical (unpaired) electrons. The van der Waals surface area contributed by atoms with Gasteiger partial charge in [0.15, 0.2) is 5.76 Å². The van der Waals surface area contributed by atoms with Gasteiger partial charge in [0, 0.05) is 0 Å². The molecule has 0 atom stereocenters. The van der Waals surface area contributed by atoms with E-state index in [-0.39, 0.29) is 18.3 Å². The number of anilines is 1. The number of nitrogens with zero attached hydrogens (tertiary/aromatic N) is 3. The Hall–Kier alpha value is -3.87. The molecule has 0 saturated carbocycles. The van der Waals surface area contributed by atoms with E-state index in [0.717, 1.165) is 16.9 Å². The molecule has 4 rings (SSSR count). The lowest BCUT2D eigenvalue weighted by molar-refractivity contribution is 0.0991. The number of benzene rings is 2. The van der Waals surface area contributed by atoms with Crippen LogP contribution in [0.1, 0.15) is 33.0 Å². The predicted molar refractivity (Wildman–Crippen MR) is 112 cm³/mol. The minimum absolute atomic E-state index is 0.174. The SMILES string of the molecule is Cc1cccc(Cn2cnc(NC(=O)c3ccc(COc4ccccc4C)o3)n2)c1. The van der Waals surface area contributed by atoms with Crippen molar-refractivity contribution in [2.75, 3.05) is 5.32 Å². The number of aromatic nitrogens is 3. The molecule has 7 heteroatoms. The fraction of sp³-hybridized carbons (Fsp3) is 0.174. The highest BCUT2D eigenvalue weighted by atomic mass is 16.5. The number of nitrogens with one attached hydrogen (secondary N) is 1. The van der Waals surface area contributed by atoms with Crippen molar-refractivity contribution in [3.63, 3.8) is 0 Å². The summed E-state index contributed by atoms with van der Waals surface area (Å²) in [5.74, 6) is 1.32. The first-order valence-electron chi connectivity index (χ1n) is 9.60. The minimum atomic E-state index is -0.412. The Morgan fingerprint density at radius 3 is 2.80 bits per heavy atom. The summed E-state index contributed by atoms with van der Waals surface area (Å²) in [6.07, 6.45) is 1.58. The summed E-state index contributed by atoms with van der Waals surface area (Å²) < 4.78 is 13.0. The van der Waals surface area contributed by atoms with Crippen LogP contribution in [0.5, 0.6) is 5.75 Å². The number of carbonyl (C=O) groups is 1. The van der Waals surface area contributed by atoms with Gasteiger partial charge in [-0.25, -0.2) is 9.67 Å². The topological polar surface area (TPSA) is 82.2 Å².